The molecular weight excluding hydrogens is 334 g/mol. The van der Waals surface area contributed by atoms with E-state index >= 15 is 0 Å². The molecule has 1 aliphatic rings. The van der Waals surface area contributed by atoms with Crippen LogP contribution in [0, 0.1) is 13.8 Å². The van der Waals surface area contributed by atoms with Crippen molar-refractivity contribution >= 4 is 33.3 Å². The number of thiophene rings is 1. The summed E-state index contributed by atoms with van der Waals surface area (Å²) in [7, 11) is 0. The Balaban J connectivity index is 1.70. The van der Waals surface area contributed by atoms with Gasteiger partial charge >= 0.3 is 0 Å². The van der Waals surface area contributed by atoms with Gasteiger partial charge in [0.1, 0.15) is 10.6 Å². The van der Waals surface area contributed by atoms with Gasteiger partial charge in [-0.25, -0.2) is 9.97 Å². The number of anilines is 1. The number of carbonyl (C=O) groups excluding carboxylic acids is 1. The third-order valence-electron chi connectivity index (χ3n) is 4.31. The molecule has 0 aliphatic heterocycles. The second-order valence-electron chi connectivity index (χ2n) is 6.30. The summed E-state index contributed by atoms with van der Waals surface area (Å²) in [5.41, 5.74) is 2.02. The summed E-state index contributed by atoms with van der Waals surface area (Å²) in [6.45, 7) is 4.36. The van der Waals surface area contributed by atoms with E-state index in [9.17, 15) is 4.79 Å². The molecule has 3 heterocycles. The number of hydrogen-bond acceptors (Lipinski definition) is 6. The molecule has 4 rings (SSSR count). The molecule has 1 amide bonds. The summed E-state index contributed by atoms with van der Waals surface area (Å²) < 4.78 is 0. The van der Waals surface area contributed by atoms with Gasteiger partial charge in [0.2, 0.25) is 5.91 Å². The Morgan fingerprint density at radius 1 is 1.32 bits per heavy atom. The van der Waals surface area contributed by atoms with Crippen molar-refractivity contribution in [2.24, 2.45) is 0 Å². The molecule has 0 unspecified atom stereocenters. The average molecular weight is 353 g/mol. The van der Waals surface area contributed by atoms with Crippen LogP contribution in [0.15, 0.2) is 24.5 Å². The fourth-order valence-corrected chi connectivity index (χ4v) is 3.70. The number of hydrogen-bond donors (Lipinski definition) is 2. The van der Waals surface area contributed by atoms with E-state index in [1.807, 2.05) is 12.1 Å². The van der Waals surface area contributed by atoms with Crippen molar-refractivity contribution in [3.8, 4) is 11.4 Å². The molecule has 0 aromatic carbocycles. The molecule has 1 saturated carbocycles. The lowest BCUT2D eigenvalue weighted by molar-refractivity contribution is -0.119. The highest BCUT2D eigenvalue weighted by Gasteiger charge is 2.23. The lowest BCUT2D eigenvalue weighted by Gasteiger charge is -2.10. The summed E-state index contributed by atoms with van der Waals surface area (Å²) in [6, 6.07) is 4.16. The first-order valence-electron chi connectivity index (χ1n) is 8.33. The molecule has 1 aliphatic carbocycles. The maximum atomic E-state index is 12.0. The normalized spacial score (nSPS) is 13.8. The van der Waals surface area contributed by atoms with Crippen LogP contribution in [0.2, 0.25) is 0 Å². The molecule has 1 fully saturated rings. The van der Waals surface area contributed by atoms with Crippen molar-refractivity contribution < 1.29 is 4.79 Å². The third kappa shape index (κ3) is 3.32. The van der Waals surface area contributed by atoms with Crippen molar-refractivity contribution in [1.82, 2.24) is 20.3 Å². The first-order chi connectivity index (χ1) is 12.1. The summed E-state index contributed by atoms with van der Waals surface area (Å²) in [6.07, 6.45) is 5.63. The van der Waals surface area contributed by atoms with Crippen LogP contribution in [0.1, 0.15) is 23.3 Å². The summed E-state index contributed by atoms with van der Waals surface area (Å²) in [4.78, 5) is 27.7. The number of nitrogens with one attached hydrogen (secondary N) is 2. The van der Waals surface area contributed by atoms with Gasteiger partial charge in [-0.15, -0.1) is 11.3 Å². The molecule has 7 heteroatoms. The maximum Gasteiger partial charge on any atom is 0.239 e. The first kappa shape index (κ1) is 16.0. The van der Waals surface area contributed by atoms with Gasteiger partial charge in [-0.2, -0.15) is 0 Å². The average Bonchev–Trinajstić information content (AvgIpc) is 3.38. The third-order valence-corrected chi connectivity index (χ3v) is 5.41. The topological polar surface area (TPSA) is 79.8 Å². The lowest BCUT2D eigenvalue weighted by atomic mass is 10.2. The highest BCUT2D eigenvalue weighted by atomic mass is 32.1. The molecule has 3 aromatic rings. The fourth-order valence-electron chi connectivity index (χ4n) is 2.67. The number of aryl methyl sites for hydroxylation is 2. The van der Waals surface area contributed by atoms with Gasteiger partial charge in [-0.3, -0.25) is 9.78 Å². The fraction of sp³-hybridized carbons (Fsp3) is 0.333. The van der Waals surface area contributed by atoms with Gasteiger partial charge in [-0.1, -0.05) is 0 Å². The predicted octanol–water partition coefficient (Wildman–Crippen LogP) is 3.06. The number of pyridine rings is 1. The Hall–Kier alpha value is -2.54. The number of aromatic nitrogens is 3. The largest absolute Gasteiger partial charge is 0.360 e. The highest BCUT2D eigenvalue weighted by Crippen LogP contribution is 2.34. The van der Waals surface area contributed by atoms with Crippen LogP contribution in [0.5, 0.6) is 0 Å². The van der Waals surface area contributed by atoms with Crippen LogP contribution in [0.3, 0.4) is 0 Å². The van der Waals surface area contributed by atoms with Crippen LogP contribution in [-0.4, -0.2) is 33.4 Å². The minimum Gasteiger partial charge on any atom is -0.360 e. The second-order valence-corrected chi connectivity index (χ2v) is 7.50. The molecule has 0 radical (unpaired) electrons. The second kappa shape index (κ2) is 6.40. The van der Waals surface area contributed by atoms with Gasteiger partial charge < -0.3 is 10.6 Å². The van der Waals surface area contributed by atoms with Crippen LogP contribution in [0.25, 0.3) is 21.6 Å². The van der Waals surface area contributed by atoms with Crippen LogP contribution in [-0.2, 0) is 4.79 Å². The number of nitrogens with zero attached hydrogens (tertiary/aromatic N) is 3. The minimum absolute atomic E-state index is 0.00166. The number of fused-ring (bicyclic) bond motifs is 1. The van der Waals surface area contributed by atoms with Gasteiger partial charge in [0, 0.05) is 28.9 Å². The number of carbonyl (C=O) groups is 1. The molecule has 25 heavy (non-hydrogen) atoms. The summed E-state index contributed by atoms with van der Waals surface area (Å²) >= 11 is 1.64. The van der Waals surface area contributed by atoms with Crippen molar-refractivity contribution in [2.45, 2.75) is 32.7 Å². The van der Waals surface area contributed by atoms with E-state index in [2.05, 4.69) is 34.4 Å². The molecule has 0 atom stereocenters. The number of amides is 1. The maximum absolute atomic E-state index is 12.0. The summed E-state index contributed by atoms with van der Waals surface area (Å²) in [5, 5.41) is 7.19. The smallest absolute Gasteiger partial charge is 0.239 e. The standard InChI is InChI=1S/C18H19N5OS/c1-10-11(2)25-18-15(10)17(20-9-14(24)21-13-5-6-13)22-16(23-18)12-4-3-7-19-8-12/h3-4,7-8,13H,5-6,9H2,1-2H3,(H,21,24)(H,20,22,23). The Labute approximate surface area is 149 Å². The predicted molar refractivity (Wildman–Crippen MR) is 99.8 cm³/mol. The van der Waals surface area contributed by atoms with Crippen molar-refractivity contribution in [3.63, 3.8) is 0 Å². The van der Waals surface area contributed by atoms with Gasteiger partial charge in [-0.05, 0) is 44.4 Å². The molecule has 2 N–H and O–H groups in total. The molecule has 0 saturated heterocycles. The SMILES string of the molecule is Cc1sc2nc(-c3cccnc3)nc(NCC(=O)NC3CC3)c2c1C. The highest BCUT2D eigenvalue weighted by molar-refractivity contribution is 7.18. The van der Waals surface area contributed by atoms with Crippen LogP contribution >= 0.6 is 11.3 Å². The van der Waals surface area contributed by atoms with E-state index in [0.717, 1.165) is 34.2 Å². The van der Waals surface area contributed by atoms with E-state index in [-0.39, 0.29) is 12.5 Å². The van der Waals surface area contributed by atoms with Crippen LogP contribution in [0.4, 0.5) is 5.82 Å². The van der Waals surface area contributed by atoms with E-state index in [1.54, 1.807) is 23.7 Å². The van der Waals surface area contributed by atoms with Gasteiger partial charge in [0.05, 0.1) is 11.9 Å². The molecule has 0 spiro atoms. The molecule has 6 nitrogen and oxygen atoms in total. The quantitative estimate of drug-likeness (QED) is 0.737. The van der Waals surface area contributed by atoms with Gasteiger partial charge in [0.25, 0.3) is 0 Å². The van der Waals surface area contributed by atoms with E-state index in [4.69, 9.17) is 4.98 Å². The summed E-state index contributed by atoms with van der Waals surface area (Å²) in [5.74, 6) is 1.32. The van der Waals surface area contributed by atoms with Crippen molar-refractivity contribution in [1.29, 1.82) is 0 Å². The monoisotopic (exact) mass is 353 g/mol. The van der Waals surface area contributed by atoms with Crippen molar-refractivity contribution in [2.75, 3.05) is 11.9 Å². The Morgan fingerprint density at radius 3 is 2.88 bits per heavy atom. The van der Waals surface area contributed by atoms with Crippen molar-refractivity contribution in [3.05, 3.63) is 35.0 Å². The minimum atomic E-state index is 0.00166. The Kier molecular flexibility index (Phi) is 4.09. The van der Waals surface area contributed by atoms with Crippen LogP contribution < -0.4 is 10.6 Å². The molecule has 0 bridgehead atoms. The Bertz CT molecular complexity index is 934. The molecule has 128 valence electrons. The molecule has 3 aromatic heterocycles. The molecular formula is C18H19N5OS. The Morgan fingerprint density at radius 2 is 2.16 bits per heavy atom. The zero-order valence-corrected chi connectivity index (χ0v) is 15.0. The number of rotatable bonds is 5. The van der Waals surface area contributed by atoms with E-state index in [1.165, 1.54) is 4.88 Å². The first-order valence-corrected chi connectivity index (χ1v) is 9.15. The van der Waals surface area contributed by atoms with E-state index in [0.29, 0.717) is 17.7 Å². The lowest BCUT2D eigenvalue weighted by Crippen LogP contribution is -2.31. The zero-order valence-electron chi connectivity index (χ0n) is 14.2. The van der Waals surface area contributed by atoms with E-state index < -0.39 is 0 Å². The van der Waals surface area contributed by atoms with Gasteiger partial charge in [0.15, 0.2) is 5.82 Å². The zero-order chi connectivity index (χ0) is 17.4.